The van der Waals surface area contributed by atoms with E-state index in [9.17, 15) is 0 Å². The van der Waals surface area contributed by atoms with Crippen molar-refractivity contribution < 1.29 is 0 Å². The SMILES string of the molecule is CCCC1CCCCN1C(N)=NC(C)C. The topological polar surface area (TPSA) is 41.6 Å². The Morgan fingerprint density at radius 1 is 1.47 bits per heavy atom. The Balaban J connectivity index is 2.62. The Kier molecular flexibility index (Phi) is 4.92. The maximum atomic E-state index is 6.05. The summed E-state index contributed by atoms with van der Waals surface area (Å²) in [6.07, 6.45) is 6.36. The lowest BCUT2D eigenvalue weighted by Crippen LogP contribution is -2.47. The monoisotopic (exact) mass is 211 g/mol. The van der Waals surface area contributed by atoms with Crippen molar-refractivity contribution in [1.82, 2.24) is 4.90 Å². The van der Waals surface area contributed by atoms with Gasteiger partial charge in [-0.2, -0.15) is 0 Å². The molecule has 0 bridgehead atoms. The minimum Gasteiger partial charge on any atom is -0.370 e. The average molecular weight is 211 g/mol. The number of nitrogens with two attached hydrogens (primary N) is 1. The summed E-state index contributed by atoms with van der Waals surface area (Å²) in [4.78, 5) is 6.77. The lowest BCUT2D eigenvalue weighted by molar-refractivity contribution is 0.225. The first-order valence-corrected chi connectivity index (χ1v) is 6.25. The van der Waals surface area contributed by atoms with Gasteiger partial charge >= 0.3 is 0 Å². The molecule has 1 saturated heterocycles. The Labute approximate surface area is 93.7 Å². The molecule has 0 amide bonds. The van der Waals surface area contributed by atoms with E-state index in [0.29, 0.717) is 12.1 Å². The Hall–Kier alpha value is -0.730. The van der Waals surface area contributed by atoms with Crippen LogP contribution in [-0.2, 0) is 0 Å². The molecule has 1 unspecified atom stereocenters. The van der Waals surface area contributed by atoms with Gasteiger partial charge in [0.2, 0.25) is 0 Å². The highest BCUT2D eigenvalue weighted by Crippen LogP contribution is 2.20. The molecular formula is C12H25N3. The summed E-state index contributed by atoms with van der Waals surface area (Å²) >= 11 is 0. The molecule has 0 radical (unpaired) electrons. The second-order valence-corrected chi connectivity index (χ2v) is 4.71. The molecule has 1 heterocycles. The number of aliphatic imine (C=N–C) groups is 1. The highest BCUT2D eigenvalue weighted by Gasteiger charge is 2.22. The molecule has 15 heavy (non-hydrogen) atoms. The second-order valence-electron chi connectivity index (χ2n) is 4.71. The molecule has 0 aromatic heterocycles. The largest absolute Gasteiger partial charge is 0.370 e. The summed E-state index contributed by atoms with van der Waals surface area (Å²) in [6.45, 7) is 7.48. The van der Waals surface area contributed by atoms with Crippen LogP contribution in [0.3, 0.4) is 0 Å². The van der Waals surface area contributed by atoms with Gasteiger partial charge in [-0.1, -0.05) is 13.3 Å². The standard InChI is InChI=1S/C12H25N3/c1-4-7-11-8-5-6-9-15(11)12(13)14-10(2)3/h10-11H,4-9H2,1-3H3,(H2,13,14). The summed E-state index contributed by atoms with van der Waals surface area (Å²) in [5, 5.41) is 0. The number of nitrogens with zero attached hydrogens (tertiary/aromatic N) is 2. The molecule has 0 aromatic carbocycles. The van der Waals surface area contributed by atoms with Crippen LogP contribution in [0.15, 0.2) is 4.99 Å². The van der Waals surface area contributed by atoms with Crippen molar-refractivity contribution >= 4 is 5.96 Å². The van der Waals surface area contributed by atoms with Crippen LogP contribution in [0.5, 0.6) is 0 Å². The summed E-state index contributed by atoms with van der Waals surface area (Å²) in [6, 6.07) is 0.931. The minimum absolute atomic E-state index is 0.300. The van der Waals surface area contributed by atoms with Crippen LogP contribution in [0.2, 0.25) is 0 Å². The van der Waals surface area contributed by atoms with E-state index >= 15 is 0 Å². The molecule has 0 aliphatic carbocycles. The van der Waals surface area contributed by atoms with E-state index in [2.05, 4.69) is 30.7 Å². The average Bonchev–Trinajstić information content (AvgIpc) is 2.18. The molecule has 88 valence electrons. The summed E-state index contributed by atoms with van der Waals surface area (Å²) < 4.78 is 0. The van der Waals surface area contributed by atoms with E-state index in [4.69, 9.17) is 5.73 Å². The van der Waals surface area contributed by atoms with Gasteiger partial charge in [-0.05, 0) is 39.5 Å². The van der Waals surface area contributed by atoms with Crippen molar-refractivity contribution in [2.75, 3.05) is 6.54 Å². The summed E-state index contributed by atoms with van der Waals surface area (Å²) in [5.41, 5.74) is 6.05. The van der Waals surface area contributed by atoms with Crippen LogP contribution in [0.1, 0.15) is 52.9 Å². The van der Waals surface area contributed by atoms with Crippen molar-refractivity contribution in [3.05, 3.63) is 0 Å². The van der Waals surface area contributed by atoms with Gasteiger partial charge in [-0.25, -0.2) is 0 Å². The quantitative estimate of drug-likeness (QED) is 0.575. The van der Waals surface area contributed by atoms with Gasteiger partial charge in [0.05, 0.1) is 0 Å². The lowest BCUT2D eigenvalue weighted by Gasteiger charge is -2.36. The minimum atomic E-state index is 0.300. The zero-order chi connectivity index (χ0) is 11.3. The zero-order valence-electron chi connectivity index (χ0n) is 10.4. The molecule has 3 heteroatoms. The fourth-order valence-corrected chi connectivity index (χ4v) is 2.27. The Morgan fingerprint density at radius 3 is 2.80 bits per heavy atom. The third-order valence-electron chi connectivity index (χ3n) is 2.93. The van der Waals surface area contributed by atoms with Crippen molar-refractivity contribution in [2.24, 2.45) is 10.7 Å². The molecule has 2 N–H and O–H groups in total. The maximum absolute atomic E-state index is 6.05. The molecule has 0 aromatic rings. The Morgan fingerprint density at radius 2 is 2.20 bits per heavy atom. The molecular weight excluding hydrogens is 186 g/mol. The first kappa shape index (κ1) is 12.3. The van der Waals surface area contributed by atoms with E-state index in [1.165, 1.54) is 32.1 Å². The third kappa shape index (κ3) is 3.73. The maximum Gasteiger partial charge on any atom is 0.191 e. The number of piperidine rings is 1. The number of hydrogen-bond acceptors (Lipinski definition) is 1. The number of rotatable bonds is 3. The van der Waals surface area contributed by atoms with Gasteiger partial charge in [0.25, 0.3) is 0 Å². The van der Waals surface area contributed by atoms with Crippen molar-refractivity contribution in [3.8, 4) is 0 Å². The summed E-state index contributed by atoms with van der Waals surface area (Å²) in [7, 11) is 0. The van der Waals surface area contributed by atoms with E-state index < -0.39 is 0 Å². The molecule has 0 saturated carbocycles. The highest BCUT2D eigenvalue weighted by molar-refractivity contribution is 5.78. The van der Waals surface area contributed by atoms with Crippen molar-refractivity contribution in [3.63, 3.8) is 0 Å². The van der Waals surface area contributed by atoms with Crippen molar-refractivity contribution in [2.45, 2.75) is 65.0 Å². The number of guanidine groups is 1. The molecule has 0 spiro atoms. The van der Waals surface area contributed by atoms with Gasteiger partial charge in [0.15, 0.2) is 5.96 Å². The van der Waals surface area contributed by atoms with E-state index in [1.807, 2.05) is 0 Å². The van der Waals surface area contributed by atoms with Crippen LogP contribution in [-0.4, -0.2) is 29.5 Å². The van der Waals surface area contributed by atoms with Crippen LogP contribution in [0.4, 0.5) is 0 Å². The predicted octanol–water partition coefficient (Wildman–Crippen LogP) is 2.36. The molecule has 3 nitrogen and oxygen atoms in total. The van der Waals surface area contributed by atoms with Gasteiger partial charge < -0.3 is 10.6 Å². The molecule has 1 rings (SSSR count). The van der Waals surface area contributed by atoms with Crippen LogP contribution in [0, 0.1) is 0 Å². The Bertz CT molecular complexity index is 209. The lowest BCUT2D eigenvalue weighted by atomic mass is 9.99. The second kappa shape index (κ2) is 5.99. The number of likely N-dealkylation sites (tertiary alicyclic amines) is 1. The van der Waals surface area contributed by atoms with E-state index in [0.717, 1.165) is 12.5 Å². The molecule has 1 aliphatic rings. The fourth-order valence-electron chi connectivity index (χ4n) is 2.27. The first-order valence-electron chi connectivity index (χ1n) is 6.25. The third-order valence-corrected chi connectivity index (χ3v) is 2.93. The van der Waals surface area contributed by atoms with Crippen LogP contribution in [0.25, 0.3) is 0 Å². The van der Waals surface area contributed by atoms with E-state index in [1.54, 1.807) is 0 Å². The van der Waals surface area contributed by atoms with Gasteiger partial charge in [0, 0.05) is 18.6 Å². The van der Waals surface area contributed by atoms with Crippen LogP contribution < -0.4 is 5.73 Å². The number of hydrogen-bond donors (Lipinski definition) is 1. The predicted molar refractivity (Wildman–Crippen MR) is 66.0 cm³/mol. The van der Waals surface area contributed by atoms with Gasteiger partial charge in [0.1, 0.15) is 0 Å². The fraction of sp³-hybridized carbons (Fsp3) is 0.917. The first-order chi connectivity index (χ1) is 7.15. The van der Waals surface area contributed by atoms with E-state index in [-0.39, 0.29) is 0 Å². The summed E-state index contributed by atoms with van der Waals surface area (Å²) in [5.74, 6) is 0.753. The van der Waals surface area contributed by atoms with Crippen molar-refractivity contribution in [1.29, 1.82) is 0 Å². The zero-order valence-corrected chi connectivity index (χ0v) is 10.4. The van der Waals surface area contributed by atoms with Crippen LogP contribution >= 0.6 is 0 Å². The molecule has 1 fully saturated rings. The van der Waals surface area contributed by atoms with Gasteiger partial charge in [-0.15, -0.1) is 0 Å². The smallest absolute Gasteiger partial charge is 0.191 e. The highest BCUT2D eigenvalue weighted by atomic mass is 15.3. The van der Waals surface area contributed by atoms with Gasteiger partial charge in [-0.3, -0.25) is 4.99 Å². The molecule has 1 aliphatic heterocycles. The molecule has 1 atom stereocenters. The normalized spacial score (nSPS) is 23.6.